The Labute approximate surface area is 109 Å². The van der Waals surface area contributed by atoms with Crippen LogP contribution in [0.1, 0.15) is 55.3 Å². The van der Waals surface area contributed by atoms with Crippen LogP contribution in [-0.2, 0) is 4.84 Å². The Morgan fingerprint density at radius 1 is 1.39 bits per heavy atom. The van der Waals surface area contributed by atoms with E-state index in [2.05, 4.69) is 38.4 Å². The predicted octanol–water partition coefficient (Wildman–Crippen LogP) is 3.48. The van der Waals surface area contributed by atoms with Gasteiger partial charge in [-0.25, -0.2) is 0 Å². The molecule has 3 nitrogen and oxygen atoms in total. The van der Waals surface area contributed by atoms with Crippen molar-refractivity contribution in [2.24, 2.45) is 0 Å². The van der Waals surface area contributed by atoms with Gasteiger partial charge in [0.2, 0.25) is 0 Å². The molecule has 0 aromatic heterocycles. The molecule has 18 heavy (non-hydrogen) atoms. The molecule has 0 radical (unpaired) electrons. The Morgan fingerprint density at radius 2 is 2.17 bits per heavy atom. The molecule has 0 fully saturated rings. The van der Waals surface area contributed by atoms with E-state index >= 15 is 0 Å². The molecule has 2 rings (SSSR count). The number of benzene rings is 1. The van der Waals surface area contributed by atoms with E-state index in [9.17, 15) is 0 Å². The minimum Gasteiger partial charge on any atom is -0.493 e. The highest BCUT2D eigenvalue weighted by Crippen LogP contribution is 2.39. The van der Waals surface area contributed by atoms with Gasteiger partial charge in [0.15, 0.2) is 0 Å². The summed E-state index contributed by atoms with van der Waals surface area (Å²) >= 11 is 0. The van der Waals surface area contributed by atoms with Crippen molar-refractivity contribution in [3.8, 4) is 5.75 Å². The minimum atomic E-state index is 0.227. The normalized spacial score (nSPS) is 19.3. The largest absolute Gasteiger partial charge is 0.493 e. The van der Waals surface area contributed by atoms with E-state index < -0.39 is 0 Å². The number of nitrogens with one attached hydrogen (secondary N) is 1. The Balaban J connectivity index is 2.53. The number of aryl methyl sites for hydroxylation is 1. The SMILES string of the molecule is CONC1CCCOc2c(C)ccc(C(C)C)c21. The molecule has 0 bridgehead atoms. The zero-order valence-corrected chi connectivity index (χ0v) is 11.7. The van der Waals surface area contributed by atoms with Gasteiger partial charge < -0.3 is 9.57 Å². The van der Waals surface area contributed by atoms with Crippen molar-refractivity contribution in [2.75, 3.05) is 13.7 Å². The monoisotopic (exact) mass is 249 g/mol. The van der Waals surface area contributed by atoms with Crippen LogP contribution in [0.2, 0.25) is 0 Å². The summed E-state index contributed by atoms with van der Waals surface area (Å²) in [5.74, 6) is 1.54. The quantitative estimate of drug-likeness (QED) is 0.832. The van der Waals surface area contributed by atoms with Gasteiger partial charge >= 0.3 is 0 Å². The van der Waals surface area contributed by atoms with Gasteiger partial charge in [0, 0.05) is 5.56 Å². The van der Waals surface area contributed by atoms with Crippen LogP contribution in [0.25, 0.3) is 0 Å². The highest BCUT2D eigenvalue weighted by atomic mass is 16.6. The molecule has 0 saturated carbocycles. The second-order valence-corrected chi connectivity index (χ2v) is 5.23. The molecule has 1 aliphatic heterocycles. The van der Waals surface area contributed by atoms with Crippen LogP contribution in [0.3, 0.4) is 0 Å². The fraction of sp³-hybridized carbons (Fsp3) is 0.600. The Hall–Kier alpha value is -1.06. The van der Waals surface area contributed by atoms with Crippen molar-refractivity contribution in [1.29, 1.82) is 0 Å². The second-order valence-electron chi connectivity index (χ2n) is 5.23. The van der Waals surface area contributed by atoms with Crippen LogP contribution in [-0.4, -0.2) is 13.7 Å². The van der Waals surface area contributed by atoms with Crippen molar-refractivity contribution in [3.05, 3.63) is 28.8 Å². The molecule has 1 unspecified atom stereocenters. The predicted molar refractivity (Wildman–Crippen MR) is 72.9 cm³/mol. The molecule has 1 aliphatic rings. The summed E-state index contributed by atoms with van der Waals surface area (Å²) in [6.07, 6.45) is 2.09. The number of hydrogen-bond donors (Lipinski definition) is 1. The maximum atomic E-state index is 5.95. The lowest BCUT2D eigenvalue weighted by Crippen LogP contribution is -2.21. The van der Waals surface area contributed by atoms with Crippen LogP contribution in [0.5, 0.6) is 5.75 Å². The maximum Gasteiger partial charge on any atom is 0.127 e. The maximum absolute atomic E-state index is 5.95. The number of hydrogen-bond acceptors (Lipinski definition) is 3. The molecule has 1 aromatic carbocycles. The molecule has 100 valence electrons. The third kappa shape index (κ3) is 2.52. The average Bonchev–Trinajstić information content (AvgIpc) is 2.54. The molecule has 1 aromatic rings. The Morgan fingerprint density at radius 3 is 2.83 bits per heavy atom. The number of fused-ring (bicyclic) bond motifs is 1. The van der Waals surface area contributed by atoms with Gasteiger partial charge in [-0.1, -0.05) is 26.0 Å². The zero-order valence-electron chi connectivity index (χ0n) is 11.7. The fourth-order valence-electron chi connectivity index (χ4n) is 2.64. The summed E-state index contributed by atoms with van der Waals surface area (Å²) in [5.41, 5.74) is 6.97. The highest BCUT2D eigenvalue weighted by Gasteiger charge is 2.25. The van der Waals surface area contributed by atoms with Gasteiger partial charge in [0.25, 0.3) is 0 Å². The zero-order chi connectivity index (χ0) is 13.1. The topological polar surface area (TPSA) is 30.5 Å². The van der Waals surface area contributed by atoms with E-state index in [1.54, 1.807) is 7.11 Å². The third-order valence-electron chi connectivity index (χ3n) is 3.54. The lowest BCUT2D eigenvalue weighted by atomic mass is 9.89. The molecular weight excluding hydrogens is 226 g/mol. The molecule has 0 saturated heterocycles. The number of hydroxylamine groups is 1. The van der Waals surface area contributed by atoms with Gasteiger partial charge in [-0.15, -0.1) is 0 Å². The lowest BCUT2D eigenvalue weighted by molar-refractivity contribution is 0.0576. The molecule has 1 atom stereocenters. The lowest BCUT2D eigenvalue weighted by Gasteiger charge is -2.23. The molecular formula is C15H23NO2. The van der Waals surface area contributed by atoms with E-state index in [1.165, 1.54) is 16.7 Å². The van der Waals surface area contributed by atoms with Crippen molar-refractivity contribution in [2.45, 2.75) is 45.6 Å². The summed E-state index contributed by atoms with van der Waals surface area (Å²) in [6, 6.07) is 4.60. The van der Waals surface area contributed by atoms with Crippen molar-refractivity contribution in [1.82, 2.24) is 5.48 Å². The molecule has 3 heteroatoms. The third-order valence-corrected chi connectivity index (χ3v) is 3.54. The first-order valence-corrected chi connectivity index (χ1v) is 6.69. The molecule has 1 N–H and O–H groups in total. The van der Waals surface area contributed by atoms with Crippen LogP contribution < -0.4 is 10.2 Å². The summed E-state index contributed by atoms with van der Waals surface area (Å²) in [6.45, 7) is 7.34. The van der Waals surface area contributed by atoms with Crippen molar-refractivity contribution < 1.29 is 9.57 Å². The number of rotatable bonds is 3. The van der Waals surface area contributed by atoms with Gasteiger partial charge in [-0.05, 0) is 36.8 Å². The Kier molecular flexibility index (Phi) is 4.25. The van der Waals surface area contributed by atoms with Gasteiger partial charge in [-0.2, -0.15) is 5.48 Å². The summed E-state index contributed by atoms with van der Waals surface area (Å²) in [4.78, 5) is 5.16. The molecule has 1 heterocycles. The van der Waals surface area contributed by atoms with Crippen LogP contribution in [0.15, 0.2) is 12.1 Å². The van der Waals surface area contributed by atoms with Gasteiger partial charge in [0.05, 0.1) is 19.8 Å². The van der Waals surface area contributed by atoms with E-state index in [1.807, 2.05) is 0 Å². The van der Waals surface area contributed by atoms with Crippen LogP contribution in [0, 0.1) is 6.92 Å². The van der Waals surface area contributed by atoms with E-state index in [-0.39, 0.29) is 6.04 Å². The highest BCUT2D eigenvalue weighted by molar-refractivity contribution is 5.49. The first-order chi connectivity index (χ1) is 8.65. The van der Waals surface area contributed by atoms with Crippen LogP contribution >= 0.6 is 0 Å². The van der Waals surface area contributed by atoms with Crippen molar-refractivity contribution >= 4 is 0 Å². The van der Waals surface area contributed by atoms with Gasteiger partial charge in [-0.3, -0.25) is 0 Å². The fourth-order valence-corrected chi connectivity index (χ4v) is 2.64. The molecule has 0 amide bonds. The summed E-state index contributed by atoms with van der Waals surface area (Å²) < 4.78 is 5.95. The molecule has 0 aliphatic carbocycles. The number of ether oxygens (including phenoxy) is 1. The summed E-state index contributed by atoms with van der Waals surface area (Å²) in [7, 11) is 1.68. The first kappa shape index (κ1) is 13.4. The van der Waals surface area contributed by atoms with E-state index in [0.29, 0.717) is 5.92 Å². The van der Waals surface area contributed by atoms with Gasteiger partial charge in [0.1, 0.15) is 5.75 Å². The van der Waals surface area contributed by atoms with Crippen LogP contribution in [0.4, 0.5) is 0 Å². The average molecular weight is 249 g/mol. The first-order valence-electron chi connectivity index (χ1n) is 6.69. The Bertz CT molecular complexity index is 415. The smallest absolute Gasteiger partial charge is 0.127 e. The minimum absolute atomic E-state index is 0.227. The standard InChI is InChI=1S/C15H23NO2/c1-10(2)12-8-7-11(3)15-14(12)13(16-17-4)6-5-9-18-15/h7-8,10,13,16H,5-6,9H2,1-4H3. The van der Waals surface area contributed by atoms with E-state index in [0.717, 1.165) is 25.2 Å². The molecule has 0 spiro atoms. The van der Waals surface area contributed by atoms with E-state index in [4.69, 9.17) is 9.57 Å². The second kappa shape index (κ2) is 5.72. The summed E-state index contributed by atoms with van der Waals surface area (Å²) in [5, 5.41) is 0. The van der Waals surface area contributed by atoms with Crippen molar-refractivity contribution in [3.63, 3.8) is 0 Å².